The number of amides is 1. The van der Waals surface area contributed by atoms with Crippen LogP contribution >= 0.6 is 11.6 Å². The van der Waals surface area contributed by atoms with E-state index >= 15 is 0 Å². The van der Waals surface area contributed by atoms with Crippen LogP contribution in [0.4, 0.5) is 17.5 Å². The summed E-state index contributed by atoms with van der Waals surface area (Å²) >= 11 is 6.25. The second-order valence-corrected chi connectivity index (χ2v) is 8.96. The fourth-order valence-electron chi connectivity index (χ4n) is 4.52. The van der Waals surface area contributed by atoms with E-state index in [0.29, 0.717) is 33.2 Å². The lowest BCUT2D eigenvalue weighted by molar-refractivity contribution is 0.0966. The van der Waals surface area contributed by atoms with E-state index in [-0.39, 0.29) is 23.2 Å². The molecule has 11 heteroatoms. The molecular weight excluding hydrogens is 470 g/mol. The van der Waals surface area contributed by atoms with Crippen LogP contribution in [0.25, 0.3) is 0 Å². The molecule has 1 atom stereocenters. The molecule has 2 aromatic carbocycles. The summed E-state index contributed by atoms with van der Waals surface area (Å²) in [7, 11) is 0. The normalized spacial score (nSPS) is 16.5. The predicted molar refractivity (Wildman–Crippen MR) is 127 cm³/mol. The average Bonchev–Trinajstić information content (AvgIpc) is 3.65. The van der Waals surface area contributed by atoms with Gasteiger partial charge >= 0.3 is 5.69 Å². The summed E-state index contributed by atoms with van der Waals surface area (Å²) in [6, 6.07) is 11.1. The fraction of sp³-hybridized carbons (Fsp3) is 0.167. The topological polar surface area (TPSA) is 140 Å². The number of fused-ring (bicyclic) bond motifs is 2. The summed E-state index contributed by atoms with van der Waals surface area (Å²) in [5, 5.41) is 7.30. The minimum Gasteiger partial charge on any atom is -0.366 e. The molecule has 3 N–H and O–H groups in total. The summed E-state index contributed by atoms with van der Waals surface area (Å²) in [5.41, 5.74) is 7.36. The van der Waals surface area contributed by atoms with Gasteiger partial charge in [-0.1, -0.05) is 23.7 Å². The molecule has 4 aromatic rings. The number of anilines is 3. The first-order chi connectivity index (χ1) is 16.9. The second kappa shape index (κ2) is 7.88. The molecule has 6 rings (SSSR count). The fourth-order valence-corrected chi connectivity index (χ4v) is 4.71. The van der Waals surface area contributed by atoms with E-state index < -0.39 is 17.6 Å². The molecule has 0 saturated heterocycles. The molecular formula is C24H18ClN7O3. The number of carbonyl (C=O) groups is 2. The van der Waals surface area contributed by atoms with Gasteiger partial charge in [0, 0.05) is 33.8 Å². The highest BCUT2D eigenvalue weighted by Gasteiger charge is 2.40. The highest BCUT2D eigenvalue weighted by Crippen LogP contribution is 2.46. The van der Waals surface area contributed by atoms with Crippen molar-refractivity contribution in [3.8, 4) is 0 Å². The molecule has 2 aromatic heterocycles. The Kier molecular flexibility index (Phi) is 4.78. The van der Waals surface area contributed by atoms with E-state index in [4.69, 9.17) is 17.3 Å². The van der Waals surface area contributed by atoms with Gasteiger partial charge in [0.15, 0.2) is 5.78 Å². The van der Waals surface area contributed by atoms with Crippen LogP contribution in [-0.2, 0) is 0 Å². The number of aromatic amines is 1. The average molecular weight is 488 g/mol. The Morgan fingerprint density at radius 2 is 1.94 bits per heavy atom. The van der Waals surface area contributed by atoms with Gasteiger partial charge < -0.3 is 5.73 Å². The third-order valence-electron chi connectivity index (χ3n) is 6.28. The molecule has 0 radical (unpaired) electrons. The molecule has 35 heavy (non-hydrogen) atoms. The van der Waals surface area contributed by atoms with Crippen molar-refractivity contribution in [3.05, 3.63) is 92.7 Å². The molecule has 3 heterocycles. The van der Waals surface area contributed by atoms with Crippen molar-refractivity contribution >= 4 is 40.7 Å². The van der Waals surface area contributed by atoms with Crippen molar-refractivity contribution in [2.45, 2.75) is 18.9 Å². The van der Waals surface area contributed by atoms with E-state index in [0.717, 1.165) is 12.8 Å². The van der Waals surface area contributed by atoms with Crippen molar-refractivity contribution < 1.29 is 9.59 Å². The van der Waals surface area contributed by atoms with Crippen LogP contribution in [0.2, 0.25) is 5.02 Å². The number of hydrogen-bond donors (Lipinski definition) is 2. The van der Waals surface area contributed by atoms with Crippen LogP contribution in [0.15, 0.2) is 59.8 Å². The van der Waals surface area contributed by atoms with Crippen LogP contribution in [-0.4, -0.2) is 36.4 Å². The smallest absolute Gasteiger partial charge is 0.345 e. The van der Waals surface area contributed by atoms with Gasteiger partial charge in [-0.2, -0.15) is 0 Å². The van der Waals surface area contributed by atoms with Gasteiger partial charge in [-0.3, -0.25) is 14.5 Å². The van der Waals surface area contributed by atoms with Crippen molar-refractivity contribution in [3.63, 3.8) is 0 Å². The Morgan fingerprint density at radius 3 is 2.69 bits per heavy atom. The van der Waals surface area contributed by atoms with E-state index in [1.54, 1.807) is 41.4 Å². The minimum absolute atomic E-state index is 0.0862. The highest BCUT2D eigenvalue weighted by molar-refractivity contribution is 6.30. The number of primary amides is 1. The highest BCUT2D eigenvalue weighted by atomic mass is 35.5. The van der Waals surface area contributed by atoms with E-state index in [9.17, 15) is 14.4 Å². The molecule has 0 spiro atoms. The number of hydrogen-bond acceptors (Lipinski definition) is 7. The first kappa shape index (κ1) is 21.2. The summed E-state index contributed by atoms with van der Waals surface area (Å²) in [6.45, 7) is 0. The predicted octanol–water partition coefficient (Wildman–Crippen LogP) is 3.13. The summed E-state index contributed by atoms with van der Waals surface area (Å²) in [4.78, 5) is 48.7. The molecule has 1 aliphatic heterocycles. The van der Waals surface area contributed by atoms with Crippen LogP contribution in [0.3, 0.4) is 0 Å². The third-order valence-corrected chi connectivity index (χ3v) is 6.52. The molecule has 1 fully saturated rings. The first-order valence-electron chi connectivity index (χ1n) is 10.9. The maximum atomic E-state index is 13.3. The Bertz CT molecular complexity index is 1570. The molecule has 0 bridgehead atoms. The third kappa shape index (κ3) is 3.41. The number of nitrogens with one attached hydrogen (secondary N) is 1. The zero-order chi connectivity index (χ0) is 24.3. The Hall–Kier alpha value is -4.31. The molecule has 1 unspecified atom stereocenters. The molecule has 10 nitrogen and oxygen atoms in total. The molecule has 1 amide bonds. The Labute approximate surface area is 203 Å². The number of nitrogens with zero attached hydrogens (tertiary/aromatic N) is 5. The minimum atomic E-state index is -0.762. The number of aromatic nitrogens is 5. The van der Waals surface area contributed by atoms with Gasteiger partial charge in [0.2, 0.25) is 11.9 Å². The number of halogens is 1. The maximum absolute atomic E-state index is 13.3. The number of benzene rings is 2. The van der Waals surface area contributed by atoms with E-state index in [2.05, 4.69) is 20.2 Å². The lowest BCUT2D eigenvalue weighted by atomic mass is 9.89. The lowest BCUT2D eigenvalue weighted by Gasteiger charge is -2.34. The summed E-state index contributed by atoms with van der Waals surface area (Å²) in [5.74, 6) is -0.0748. The summed E-state index contributed by atoms with van der Waals surface area (Å²) < 4.78 is 1.45. The second-order valence-electron chi connectivity index (χ2n) is 8.52. The number of nitrogens with two attached hydrogens (primary N) is 1. The van der Waals surface area contributed by atoms with Crippen LogP contribution < -0.4 is 16.3 Å². The SMILES string of the molecule is NC(=O)c1ccc(C2c3cncnc3N(c3cccc(Cl)c3)c3n[nH]c(=O)n32)c(C(=O)C2CC2)c1. The number of H-pyrrole nitrogens is 1. The van der Waals surface area contributed by atoms with Crippen molar-refractivity contribution in [2.75, 3.05) is 4.90 Å². The van der Waals surface area contributed by atoms with Gasteiger partial charge in [-0.15, -0.1) is 5.10 Å². The standard InChI is InChI=1S/C24H18ClN7O3/c25-14-2-1-3-15(9-14)31-22-18(10-27-11-28-22)19(32-23(31)29-30-24(32)35)16-7-6-13(21(26)34)8-17(16)20(33)12-4-5-12/h1-3,6-12,19H,4-5H2,(H2,26,34)(H,30,35). The molecule has 2 aliphatic rings. The van der Waals surface area contributed by atoms with Crippen molar-refractivity contribution in [1.29, 1.82) is 0 Å². The van der Waals surface area contributed by atoms with Crippen molar-refractivity contribution in [1.82, 2.24) is 24.7 Å². The lowest BCUT2D eigenvalue weighted by Crippen LogP contribution is -2.34. The number of Topliss-reactive ketones (excluding diaryl/α,β-unsaturated/α-hetero) is 1. The Balaban J connectivity index is 1.62. The number of rotatable bonds is 5. The van der Waals surface area contributed by atoms with Gasteiger partial charge in [0.05, 0.1) is 11.7 Å². The zero-order valence-corrected chi connectivity index (χ0v) is 18.9. The van der Waals surface area contributed by atoms with Gasteiger partial charge in [-0.25, -0.2) is 24.4 Å². The first-order valence-corrected chi connectivity index (χ1v) is 11.3. The molecule has 1 aliphatic carbocycles. The van der Waals surface area contributed by atoms with Crippen LogP contribution in [0, 0.1) is 5.92 Å². The number of carbonyl (C=O) groups excluding carboxylic acids is 2. The summed E-state index contributed by atoms with van der Waals surface area (Å²) in [6.07, 6.45) is 4.58. The maximum Gasteiger partial charge on any atom is 0.345 e. The number of ketones is 1. The zero-order valence-electron chi connectivity index (χ0n) is 18.2. The van der Waals surface area contributed by atoms with Crippen LogP contribution in [0.1, 0.15) is 50.7 Å². The van der Waals surface area contributed by atoms with Crippen LogP contribution in [0.5, 0.6) is 0 Å². The van der Waals surface area contributed by atoms with Crippen molar-refractivity contribution in [2.24, 2.45) is 11.7 Å². The monoisotopic (exact) mass is 487 g/mol. The van der Waals surface area contributed by atoms with Gasteiger partial charge in [0.1, 0.15) is 12.1 Å². The largest absolute Gasteiger partial charge is 0.366 e. The van der Waals surface area contributed by atoms with Gasteiger partial charge in [0.25, 0.3) is 0 Å². The molecule has 174 valence electrons. The quantitative estimate of drug-likeness (QED) is 0.363. The molecule has 1 saturated carbocycles. The Morgan fingerprint density at radius 1 is 1.11 bits per heavy atom. The van der Waals surface area contributed by atoms with E-state index in [1.807, 2.05) is 6.07 Å². The van der Waals surface area contributed by atoms with Gasteiger partial charge in [-0.05, 0) is 48.7 Å². The van der Waals surface area contributed by atoms with E-state index in [1.165, 1.54) is 17.0 Å².